The van der Waals surface area contributed by atoms with Crippen molar-refractivity contribution in [2.75, 3.05) is 20.8 Å². The number of nitrogens with two attached hydrogens (primary N) is 1. The lowest BCUT2D eigenvalue weighted by atomic mass is 10.2. The highest BCUT2D eigenvalue weighted by Gasteiger charge is 2.16. The molecule has 0 aliphatic heterocycles. The molecule has 1 aromatic heterocycles. The van der Waals surface area contributed by atoms with Gasteiger partial charge < -0.3 is 15.2 Å². The van der Waals surface area contributed by atoms with E-state index in [1.807, 2.05) is 0 Å². The molecule has 0 saturated heterocycles. The highest BCUT2D eigenvalue weighted by atomic mass is 35.5. The molecule has 0 atom stereocenters. The van der Waals surface area contributed by atoms with Crippen LogP contribution in [-0.4, -0.2) is 30.3 Å². The number of methoxy groups -OCH3 is 2. The van der Waals surface area contributed by atoms with Crippen LogP contribution in [0.5, 0.6) is 11.5 Å². The van der Waals surface area contributed by atoms with Gasteiger partial charge in [-0.15, -0.1) is 0 Å². The number of rotatable bonds is 5. The van der Waals surface area contributed by atoms with E-state index >= 15 is 0 Å². The first kappa shape index (κ1) is 17.3. The molecule has 25 heavy (non-hydrogen) atoms. The second-order valence-corrected chi connectivity index (χ2v) is 5.82. The van der Waals surface area contributed by atoms with Gasteiger partial charge in [0, 0.05) is 24.6 Å². The lowest BCUT2D eigenvalue weighted by Crippen LogP contribution is -2.25. The van der Waals surface area contributed by atoms with E-state index in [4.69, 9.17) is 26.8 Å². The Bertz CT molecular complexity index is 963. The zero-order valence-electron chi connectivity index (χ0n) is 14.0. The van der Waals surface area contributed by atoms with Gasteiger partial charge in [-0.3, -0.25) is 9.36 Å². The molecule has 3 aromatic rings. The van der Waals surface area contributed by atoms with Crippen molar-refractivity contribution in [3.63, 3.8) is 0 Å². The number of hydrogen-bond acceptors (Lipinski definition) is 5. The van der Waals surface area contributed by atoms with Gasteiger partial charge in [0.2, 0.25) is 0 Å². The molecule has 0 fully saturated rings. The molecule has 0 aliphatic carbocycles. The maximum atomic E-state index is 13.2. The van der Waals surface area contributed by atoms with Crippen LogP contribution in [0.25, 0.3) is 16.6 Å². The number of benzene rings is 2. The van der Waals surface area contributed by atoms with Gasteiger partial charge in [0.15, 0.2) is 0 Å². The average Bonchev–Trinajstić information content (AvgIpc) is 2.61. The number of halogens is 1. The largest absolute Gasteiger partial charge is 0.497 e. The van der Waals surface area contributed by atoms with E-state index < -0.39 is 0 Å². The summed E-state index contributed by atoms with van der Waals surface area (Å²) in [6.45, 7) is 0.361. The van der Waals surface area contributed by atoms with Crippen molar-refractivity contribution in [2.45, 2.75) is 6.42 Å². The van der Waals surface area contributed by atoms with E-state index in [2.05, 4.69) is 4.98 Å². The smallest absolute Gasteiger partial charge is 0.267 e. The summed E-state index contributed by atoms with van der Waals surface area (Å²) in [6.07, 6.45) is 0.442. The predicted molar refractivity (Wildman–Crippen MR) is 98.2 cm³/mol. The Kier molecular flexibility index (Phi) is 4.92. The summed E-state index contributed by atoms with van der Waals surface area (Å²) in [6, 6.07) is 10.4. The maximum Gasteiger partial charge on any atom is 0.267 e. The van der Waals surface area contributed by atoms with Crippen molar-refractivity contribution in [1.29, 1.82) is 0 Å². The highest BCUT2D eigenvalue weighted by molar-refractivity contribution is 6.35. The fourth-order valence-electron chi connectivity index (χ4n) is 2.72. The van der Waals surface area contributed by atoms with Crippen LogP contribution >= 0.6 is 11.6 Å². The van der Waals surface area contributed by atoms with E-state index in [0.29, 0.717) is 51.9 Å². The van der Waals surface area contributed by atoms with Crippen molar-refractivity contribution in [3.05, 3.63) is 57.6 Å². The van der Waals surface area contributed by atoms with Crippen LogP contribution in [0.1, 0.15) is 5.82 Å². The third-order valence-corrected chi connectivity index (χ3v) is 4.19. The second kappa shape index (κ2) is 7.13. The fourth-order valence-corrected chi connectivity index (χ4v) is 2.97. The number of aromatic nitrogens is 2. The third kappa shape index (κ3) is 3.18. The van der Waals surface area contributed by atoms with Crippen LogP contribution in [0.4, 0.5) is 0 Å². The molecule has 6 nitrogen and oxygen atoms in total. The van der Waals surface area contributed by atoms with Crippen LogP contribution in [0.2, 0.25) is 5.02 Å². The van der Waals surface area contributed by atoms with Gasteiger partial charge in [0.1, 0.15) is 17.3 Å². The zero-order valence-corrected chi connectivity index (χ0v) is 14.7. The Morgan fingerprint density at radius 3 is 2.44 bits per heavy atom. The minimum atomic E-state index is -0.255. The molecule has 0 aliphatic rings. The average molecular weight is 360 g/mol. The topological polar surface area (TPSA) is 79.4 Å². The molecule has 7 heteroatoms. The Morgan fingerprint density at radius 2 is 1.84 bits per heavy atom. The molecular formula is C18H18ClN3O3. The molecule has 3 rings (SSSR count). The summed E-state index contributed by atoms with van der Waals surface area (Å²) >= 11 is 6.24. The highest BCUT2D eigenvalue weighted by Crippen LogP contribution is 2.26. The van der Waals surface area contributed by atoms with E-state index in [9.17, 15) is 4.79 Å². The summed E-state index contributed by atoms with van der Waals surface area (Å²) in [5, 5.41) is 0.727. The van der Waals surface area contributed by atoms with Crippen LogP contribution in [0.3, 0.4) is 0 Å². The van der Waals surface area contributed by atoms with Gasteiger partial charge in [0.05, 0.1) is 35.8 Å². The van der Waals surface area contributed by atoms with Crippen molar-refractivity contribution >= 4 is 22.5 Å². The molecule has 1 heterocycles. The van der Waals surface area contributed by atoms with Crippen molar-refractivity contribution in [2.24, 2.45) is 5.73 Å². The molecule has 2 aromatic carbocycles. The van der Waals surface area contributed by atoms with Gasteiger partial charge in [-0.05, 0) is 18.7 Å². The first-order valence-corrected chi connectivity index (χ1v) is 8.10. The Morgan fingerprint density at radius 1 is 1.16 bits per heavy atom. The summed E-state index contributed by atoms with van der Waals surface area (Å²) in [7, 11) is 3.11. The summed E-state index contributed by atoms with van der Waals surface area (Å²) < 4.78 is 12.1. The van der Waals surface area contributed by atoms with Crippen molar-refractivity contribution < 1.29 is 9.47 Å². The summed E-state index contributed by atoms with van der Waals surface area (Å²) in [5.41, 5.74) is 6.59. The Balaban J connectivity index is 2.38. The Hall–Kier alpha value is -2.57. The molecule has 0 bridgehead atoms. The van der Waals surface area contributed by atoms with Crippen LogP contribution in [-0.2, 0) is 6.42 Å². The molecule has 130 valence electrons. The molecule has 0 radical (unpaired) electrons. The number of hydrogen-bond donors (Lipinski definition) is 1. The summed E-state index contributed by atoms with van der Waals surface area (Å²) in [4.78, 5) is 17.8. The maximum absolute atomic E-state index is 13.2. The van der Waals surface area contributed by atoms with E-state index in [0.717, 1.165) is 0 Å². The SMILES string of the molecule is COc1cc(OC)cc(-n2c(CCN)nc3cccc(Cl)c3c2=O)c1. The fraction of sp³-hybridized carbons (Fsp3) is 0.222. The Labute approximate surface area is 149 Å². The minimum absolute atomic E-state index is 0.255. The van der Waals surface area contributed by atoms with Crippen LogP contribution in [0, 0.1) is 0 Å². The summed E-state index contributed by atoms with van der Waals surface area (Å²) in [5.74, 6) is 1.69. The predicted octanol–water partition coefficient (Wildman–Crippen LogP) is 2.56. The molecular weight excluding hydrogens is 342 g/mol. The molecule has 2 N–H and O–H groups in total. The molecule has 0 amide bonds. The van der Waals surface area contributed by atoms with Gasteiger partial charge in [0.25, 0.3) is 5.56 Å². The van der Waals surface area contributed by atoms with Crippen LogP contribution < -0.4 is 20.8 Å². The van der Waals surface area contributed by atoms with E-state index in [-0.39, 0.29) is 5.56 Å². The number of ether oxygens (including phenoxy) is 2. The third-order valence-electron chi connectivity index (χ3n) is 3.88. The monoisotopic (exact) mass is 359 g/mol. The van der Waals surface area contributed by atoms with Gasteiger partial charge in [-0.2, -0.15) is 0 Å². The molecule has 0 unspecified atom stereocenters. The quantitative estimate of drug-likeness (QED) is 0.757. The number of fused-ring (bicyclic) bond motifs is 1. The first-order chi connectivity index (χ1) is 12.1. The first-order valence-electron chi connectivity index (χ1n) is 7.72. The van der Waals surface area contributed by atoms with Gasteiger partial charge in [-0.25, -0.2) is 4.98 Å². The number of nitrogens with zero attached hydrogens (tertiary/aromatic N) is 2. The lowest BCUT2D eigenvalue weighted by Gasteiger charge is -2.15. The second-order valence-electron chi connectivity index (χ2n) is 5.41. The minimum Gasteiger partial charge on any atom is -0.497 e. The van der Waals surface area contributed by atoms with Gasteiger partial charge in [-0.1, -0.05) is 17.7 Å². The standard InChI is InChI=1S/C18H18ClN3O3/c1-24-12-8-11(9-13(10-12)25-2)22-16(6-7-20)21-15-5-3-4-14(19)17(15)18(22)23/h3-5,8-10H,6-7,20H2,1-2H3. The van der Waals surface area contributed by atoms with Crippen molar-refractivity contribution in [1.82, 2.24) is 9.55 Å². The molecule has 0 spiro atoms. The normalized spacial score (nSPS) is 10.9. The van der Waals surface area contributed by atoms with Crippen LogP contribution in [0.15, 0.2) is 41.2 Å². The van der Waals surface area contributed by atoms with E-state index in [1.165, 1.54) is 4.57 Å². The van der Waals surface area contributed by atoms with E-state index in [1.54, 1.807) is 50.6 Å². The molecule has 0 saturated carbocycles. The lowest BCUT2D eigenvalue weighted by molar-refractivity contribution is 0.394. The van der Waals surface area contributed by atoms with Crippen molar-refractivity contribution in [3.8, 4) is 17.2 Å². The van der Waals surface area contributed by atoms with Gasteiger partial charge >= 0.3 is 0 Å². The zero-order chi connectivity index (χ0) is 18.0.